The van der Waals surface area contributed by atoms with E-state index in [1.54, 1.807) is 14.0 Å². The minimum absolute atomic E-state index is 0.0310. The van der Waals surface area contributed by atoms with Crippen LogP contribution in [0, 0.1) is 0 Å². The zero-order valence-corrected chi connectivity index (χ0v) is 14.7. The van der Waals surface area contributed by atoms with Gasteiger partial charge in [0.1, 0.15) is 11.5 Å². The fraction of sp³-hybridized carbons (Fsp3) is 0.350. The number of rotatable bonds is 5. The highest BCUT2D eigenvalue weighted by molar-refractivity contribution is 5.81. The van der Waals surface area contributed by atoms with Crippen molar-refractivity contribution >= 4 is 11.6 Å². The molecule has 1 fully saturated rings. The first kappa shape index (κ1) is 17.1. The second-order valence-corrected chi connectivity index (χ2v) is 6.08. The molecule has 3 rings (SSSR count). The number of nitrogens with zero attached hydrogens (tertiary/aromatic N) is 2. The van der Waals surface area contributed by atoms with Crippen LogP contribution >= 0.6 is 0 Å². The van der Waals surface area contributed by atoms with E-state index < -0.39 is 6.10 Å². The molecule has 0 unspecified atom stereocenters. The summed E-state index contributed by atoms with van der Waals surface area (Å²) in [6, 6.07) is 17.6. The monoisotopic (exact) mass is 340 g/mol. The zero-order chi connectivity index (χ0) is 17.6. The summed E-state index contributed by atoms with van der Waals surface area (Å²) in [5, 5.41) is 0. The molecule has 25 heavy (non-hydrogen) atoms. The number of carbonyl (C=O) groups is 1. The summed E-state index contributed by atoms with van der Waals surface area (Å²) >= 11 is 0. The molecule has 0 aliphatic carbocycles. The Bertz CT molecular complexity index is 680. The van der Waals surface area contributed by atoms with E-state index in [1.807, 2.05) is 47.4 Å². The van der Waals surface area contributed by atoms with E-state index in [0.29, 0.717) is 18.8 Å². The minimum atomic E-state index is -0.503. The molecule has 1 aliphatic rings. The number of hydrogen-bond donors (Lipinski definition) is 0. The zero-order valence-electron chi connectivity index (χ0n) is 14.7. The molecule has 2 aromatic carbocycles. The van der Waals surface area contributed by atoms with Crippen molar-refractivity contribution in [2.75, 3.05) is 38.2 Å². The molecule has 2 aromatic rings. The van der Waals surface area contributed by atoms with Gasteiger partial charge >= 0.3 is 0 Å². The van der Waals surface area contributed by atoms with Crippen molar-refractivity contribution in [2.45, 2.75) is 13.0 Å². The SMILES string of the molecule is COc1ccc(O[C@H](C)C(=O)N2CCN(c3ccccc3)CC2)cc1. The van der Waals surface area contributed by atoms with Gasteiger partial charge in [-0.2, -0.15) is 0 Å². The molecule has 0 saturated carbocycles. The van der Waals surface area contributed by atoms with Crippen molar-refractivity contribution < 1.29 is 14.3 Å². The highest BCUT2D eigenvalue weighted by Crippen LogP contribution is 2.20. The fourth-order valence-electron chi connectivity index (χ4n) is 2.99. The lowest BCUT2D eigenvalue weighted by molar-refractivity contribution is -0.138. The summed E-state index contributed by atoms with van der Waals surface area (Å²) in [4.78, 5) is 16.8. The molecule has 5 nitrogen and oxygen atoms in total. The van der Waals surface area contributed by atoms with Crippen LogP contribution in [0.4, 0.5) is 5.69 Å². The van der Waals surface area contributed by atoms with E-state index in [2.05, 4.69) is 17.0 Å². The number of anilines is 1. The summed E-state index contributed by atoms with van der Waals surface area (Å²) in [7, 11) is 1.62. The van der Waals surface area contributed by atoms with Gasteiger partial charge in [-0.3, -0.25) is 4.79 Å². The Morgan fingerprint density at radius 2 is 1.52 bits per heavy atom. The molecule has 0 radical (unpaired) electrons. The van der Waals surface area contributed by atoms with E-state index in [-0.39, 0.29) is 5.91 Å². The van der Waals surface area contributed by atoms with Crippen LogP contribution in [0.3, 0.4) is 0 Å². The van der Waals surface area contributed by atoms with Gasteiger partial charge in [-0.25, -0.2) is 0 Å². The average Bonchev–Trinajstić information content (AvgIpc) is 2.69. The second kappa shape index (κ2) is 7.92. The van der Waals surface area contributed by atoms with E-state index >= 15 is 0 Å². The van der Waals surface area contributed by atoms with Gasteiger partial charge in [0, 0.05) is 31.9 Å². The molecule has 0 spiro atoms. The normalized spacial score (nSPS) is 15.6. The van der Waals surface area contributed by atoms with E-state index in [0.717, 1.165) is 18.8 Å². The number of ether oxygens (including phenoxy) is 2. The molecule has 0 bridgehead atoms. The highest BCUT2D eigenvalue weighted by Gasteiger charge is 2.26. The number of carbonyl (C=O) groups excluding carboxylic acids is 1. The Kier molecular flexibility index (Phi) is 5.43. The first-order valence-electron chi connectivity index (χ1n) is 8.57. The van der Waals surface area contributed by atoms with Crippen LogP contribution in [-0.4, -0.2) is 50.2 Å². The number of hydrogen-bond acceptors (Lipinski definition) is 4. The lowest BCUT2D eigenvalue weighted by Crippen LogP contribution is -2.52. The maximum Gasteiger partial charge on any atom is 0.263 e. The first-order valence-corrected chi connectivity index (χ1v) is 8.57. The lowest BCUT2D eigenvalue weighted by Gasteiger charge is -2.37. The third kappa shape index (κ3) is 4.24. The second-order valence-electron chi connectivity index (χ2n) is 6.08. The predicted octanol–water partition coefficient (Wildman–Crippen LogP) is 2.81. The first-order chi connectivity index (χ1) is 12.2. The van der Waals surface area contributed by atoms with Crippen LogP contribution in [0.25, 0.3) is 0 Å². The molecule has 5 heteroatoms. The van der Waals surface area contributed by atoms with Crippen LogP contribution in [0.2, 0.25) is 0 Å². The summed E-state index contributed by atoms with van der Waals surface area (Å²) in [6.45, 7) is 4.90. The number of amides is 1. The van der Waals surface area contributed by atoms with Gasteiger partial charge in [-0.15, -0.1) is 0 Å². The largest absolute Gasteiger partial charge is 0.497 e. The topological polar surface area (TPSA) is 42.0 Å². The molecule has 0 aromatic heterocycles. The molecule has 1 heterocycles. The standard InChI is InChI=1S/C20H24N2O3/c1-16(25-19-10-8-18(24-2)9-11-19)20(23)22-14-12-21(13-15-22)17-6-4-3-5-7-17/h3-11,16H,12-15H2,1-2H3/t16-/m1/s1. The molecule has 1 amide bonds. The van der Waals surface area contributed by atoms with Crippen LogP contribution in [-0.2, 0) is 4.79 Å². The van der Waals surface area contributed by atoms with Gasteiger partial charge < -0.3 is 19.3 Å². The minimum Gasteiger partial charge on any atom is -0.497 e. The molecule has 1 atom stereocenters. The maximum atomic E-state index is 12.6. The summed E-state index contributed by atoms with van der Waals surface area (Å²) in [5.41, 5.74) is 1.21. The Morgan fingerprint density at radius 3 is 2.12 bits per heavy atom. The fourth-order valence-corrected chi connectivity index (χ4v) is 2.99. The predicted molar refractivity (Wildman–Crippen MR) is 98.3 cm³/mol. The summed E-state index contributed by atoms with van der Waals surface area (Å²) in [5.74, 6) is 1.47. The van der Waals surface area contributed by atoms with Crippen molar-refractivity contribution in [3.05, 3.63) is 54.6 Å². The van der Waals surface area contributed by atoms with E-state index in [9.17, 15) is 4.79 Å². The molecule has 132 valence electrons. The third-order valence-corrected chi connectivity index (χ3v) is 4.43. The third-order valence-electron chi connectivity index (χ3n) is 4.43. The van der Waals surface area contributed by atoms with Gasteiger partial charge in [0.25, 0.3) is 5.91 Å². The maximum absolute atomic E-state index is 12.6. The van der Waals surface area contributed by atoms with Crippen LogP contribution in [0.1, 0.15) is 6.92 Å². The average molecular weight is 340 g/mol. The smallest absolute Gasteiger partial charge is 0.263 e. The van der Waals surface area contributed by atoms with E-state index in [1.165, 1.54) is 5.69 Å². The van der Waals surface area contributed by atoms with Gasteiger partial charge in [-0.1, -0.05) is 18.2 Å². The number of para-hydroxylation sites is 1. The number of benzene rings is 2. The highest BCUT2D eigenvalue weighted by atomic mass is 16.5. The molecular weight excluding hydrogens is 316 g/mol. The number of piperazine rings is 1. The Hall–Kier alpha value is -2.69. The molecule has 0 N–H and O–H groups in total. The molecule has 1 aliphatic heterocycles. The Balaban J connectivity index is 1.52. The van der Waals surface area contributed by atoms with E-state index in [4.69, 9.17) is 9.47 Å². The summed E-state index contributed by atoms with van der Waals surface area (Å²) < 4.78 is 10.9. The van der Waals surface area contributed by atoms with Crippen molar-refractivity contribution in [1.82, 2.24) is 4.90 Å². The Labute approximate surface area is 148 Å². The lowest BCUT2D eigenvalue weighted by atomic mass is 10.2. The van der Waals surface area contributed by atoms with Crippen LogP contribution < -0.4 is 14.4 Å². The quantitative estimate of drug-likeness (QED) is 0.839. The number of methoxy groups -OCH3 is 1. The van der Waals surface area contributed by atoms with Crippen LogP contribution in [0.15, 0.2) is 54.6 Å². The van der Waals surface area contributed by atoms with Crippen molar-refractivity contribution in [2.24, 2.45) is 0 Å². The summed E-state index contributed by atoms with van der Waals surface area (Å²) in [6.07, 6.45) is -0.503. The van der Waals surface area contributed by atoms with Gasteiger partial charge in [0.15, 0.2) is 6.10 Å². The van der Waals surface area contributed by atoms with Crippen molar-refractivity contribution in [3.63, 3.8) is 0 Å². The van der Waals surface area contributed by atoms with Gasteiger partial charge in [0.05, 0.1) is 7.11 Å². The Morgan fingerprint density at radius 1 is 0.920 bits per heavy atom. The molecular formula is C20H24N2O3. The molecule has 1 saturated heterocycles. The van der Waals surface area contributed by atoms with Crippen molar-refractivity contribution in [3.8, 4) is 11.5 Å². The van der Waals surface area contributed by atoms with Gasteiger partial charge in [-0.05, 0) is 43.3 Å². The van der Waals surface area contributed by atoms with Gasteiger partial charge in [0.2, 0.25) is 0 Å². The van der Waals surface area contributed by atoms with Crippen LogP contribution in [0.5, 0.6) is 11.5 Å². The van der Waals surface area contributed by atoms with Crippen molar-refractivity contribution in [1.29, 1.82) is 0 Å².